The molecule has 0 fully saturated rings. The van der Waals surface area contributed by atoms with Gasteiger partial charge in [-0.3, -0.25) is 0 Å². The Kier molecular flexibility index (Phi) is 43.0. The number of quaternary nitrogens is 2. The third kappa shape index (κ3) is 31.6. The van der Waals surface area contributed by atoms with E-state index in [1.807, 2.05) is 0 Å². The molecule has 0 bridgehead atoms. The lowest BCUT2D eigenvalue weighted by molar-refractivity contribution is -0.929. The van der Waals surface area contributed by atoms with Gasteiger partial charge in [0.15, 0.2) is 0 Å². The molecule has 2 rings (SSSR count). The Morgan fingerprint density at radius 1 is 0.324 bits per heavy atom. The highest BCUT2D eigenvalue weighted by atomic mass is 32.2. The molecule has 0 atom stereocenters. The quantitative estimate of drug-likeness (QED) is 0.0506. The van der Waals surface area contributed by atoms with Crippen molar-refractivity contribution in [2.24, 2.45) is 0 Å². The van der Waals surface area contributed by atoms with E-state index < -0.39 is 42.7 Å². The van der Waals surface area contributed by atoms with Crippen LogP contribution in [0.15, 0.2) is 58.3 Å². The molecule has 0 saturated carbocycles. The van der Waals surface area contributed by atoms with Crippen molar-refractivity contribution in [3.8, 4) is 0 Å². The monoisotopic (exact) mass is 1010 g/mol. The Bertz CT molecular complexity index is 1460. The summed E-state index contributed by atoms with van der Waals surface area (Å²) < 4.78 is 28.0. The zero-order chi connectivity index (χ0) is 52.9. The molecule has 71 heavy (non-hydrogen) atoms. The molecule has 0 aromatic heterocycles. The van der Waals surface area contributed by atoms with Crippen LogP contribution in [0.3, 0.4) is 0 Å². The highest BCUT2D eigenvalue weighted by molar-refractivity contribution is 7.91. The Morgan fingerprint density at radius 3 is 0.676 bits per heavy atom. The summed E-state index contributed by atoms with van der Waals surface area (Å²) in [5, 5.41) is 18.1. The van der Waals surface area contributed by atoms with Crippen LogP contribution in [0.1, 0.15) is 282 Å². The molecule has 0 amide bonds. The number of rotatable bonds is 44. The minimum Gasteiger partial charge on any atom is -0.478 e. The Morgan fingerprint density at radius 2 is 0.507 bits per heavy atom. The van der Waals surface area contributed by atoms with Crippen molar-refractivity contribution in [3.05, 3.63) is 59.7 Å². The lowest BCUT2D eigenvalue weighted by Gasteiger charge is -2.39. The summed E-state index contributed by atoms with van der Waals surface area (Å²) in [6.07, 6.45) is 45.7. The van der Waals surface area contributed by atoms with Gasteiger partial charge in [0, 0.05) is 0 Å². The smallest absolute Gasteiger partial charge is 0.337 e. The number of carboxylic acid groups (broad SMARTS) is 2. The van der Waals surface area contributed by atoms with Gasteiger partial charge < -0.3 is 19.2 Å². The van der Waals surface area contributed by atoms with E-state index in [-0.39, 0.29) is 0 Å². The molecule has 0 unspecified atom stereocenters. The first-order valence-corrected chi connectivity index (χ1v) is 31.4. The number of carboxylic acids is 2. The van der Waals surface area contributed by atoms with Crippen LogP contribution in [0.25, 0.3) is 0 Å². The number of aromatic carboxylic acids is 2. The largest absolute Gasteiger partial charge is 0.478 e. The normalized spacial score (nSPS) is 11.7. The summed E-state index contributed by atoms with van der Waals surface area (Å²) in [5.74, 6) is -2.80. The SMILES string of the molecule is CCCCCC[N+](CCCCCC)(CCCCCC)CCCCCC.CCCCCC[N+](CCCCCC)(CCCCCC)CCCCCC.O=C(O)c1ccccc1S(=O)(=O)c1ccccc1C(=O)O. The van der Waals surface area contributed by atoms with E-state index in [2.05, 4.69) is 55.4 Å². The van der Waals surface area contributed by atoms with Gasteiger partial charge in [-0.25, -0.2) is 18.0 Å². The summed E-state index contributed by atoms with van der Waals surface area (Å²) in [4.78, 5) is 21.4. The number of nitrogens with zero attached hydrogens (tertiary/aromatic N) is 2. The molecular formula is C62H114N2O6S+2. The summed E-state index contributed by atoms with van der Waals surface area (Å²) in [6, 6.07) is 10.1. The van der Waals surface area contributed by atoms with Crippen molar-refractivity contribution in [1.29, 1.82) is 0 Å². The van der Waals surface area contributed by atoms with Gasteiger partial charge in [-0.05, 0) is 127 Å². The maximum absolute atomic E-state index is 12.6. The van der Waals surface area contributed by atoms with E-state index in [0.29, 0.717) is 0 Å². The molecule has 412 valence electrons. The predicted molar refractivity (Wildman–Crippen MR) is 305 cm³/mol. The van der Waals surface area contributed by atoms with Crippen molar-refractivity contribution >= 4 is 21.8 Å². The zero-order valence-corrected chi connectivity index (χ0v) is 48.5. The zero-order valence-electron chi connectivity index (χ0n) is 47.7. The number of carbonyl (C=O) groups is 2. The second-order valence-electron chi connectivity index (χ2n) is 21.1. The summed E-state index contributed by atoms with van der Waals surface area (Å²) in [6.45, 7) is 30.4. The van der Waals surface area contributed by atoms with Gasteiger partial charge >= 0.3 is 11.9 Å². The summed E-state index contributed by atoms with van der Waals surface area (Å²) >= 11 is 0. The summed E-state index contributed by atoms with van der Waals surface area (Å²) in [5.41, 5.74) is -0.810. The fourth-order valence-electron chi connectivity index (χ4n) is 10.2. The maximum Gasteiger partial charge on any atom is 0.337 e. The van der Waals surface area contributed by atoms with Crippen molar-refractivity contribution in [2.45, 2.75) is 271 Å². The molecule has 9 heteroatoms. The van der Waals surface area contributed by atoms with Crippen LogP contribution in [-0.4, -0.2) is 91.9 Å². The van der Waals surface area contributed by atoms with E-state index in [4.69, 9.17) is 10.2 Å². The highest BCUT2D eigenvalue weighted by Gasteiger charge is 2.29. The molecule has 2 aromatic rings. The average molecular weight is 1020 g/mol. The molecule has 0 heterocycles. The molecule has 0 aliphatic carbocycles. The predicted octanol–water partition coefficient (Wildman–Crippen LogP) is 18.2. The highest BCUT2D eigenvalue weighted by Crippen LogP contribution is 2.27. The number of hydrogen-bond donors (Lipinski definition) is 2. The van der Waals surface area contributed by atoms with Crippen LogP contribution in [0.5, 0.6) is 0 Å². The van der Waals surface area contributed by atoms with Gasteiger partial charge in [0.2, 0.25) is 9.84 Å². The van der Waals surface area contributed by atoms with Gasteiger partial charge in [0.25, 0.3) is 0 Å². The van der Waals surface area contributed by atoms with Crippen LogP contribution < -0.4 is 0 Å². The molecular weight excluding hydrogens is 901 g/mol. The minimum atomic E-state index is -4.25. The van der Waals surface area contributed by atoms with Crippen LogP contribution in [-0.2, 0) is 9.84 Å². The number of hydrogen-bond acceptors (Lipinski definition) is 4. The lowest BCUT2D eigenvalue weighted by atomic mass is 10.1. The first-order valence-electron chi connectivity index (χ1n) is 29.9. The third-order valence-electron chi connectivity index (χ3n) is 14.7. The van der Waals surface area contributed by atoms with E-state index >= 15 is 0 Å². The molecule has 0 saturated heterocycles. The van der Waals surface area contributed by atoms with Gasteiger partial charge in [-0.1, -0.05) is 182 Å². The lowest BCUT2D eigenvalue weighted by Crippen LogP contribution is -2.50. The first-order chi connectivity index (χ1) is 34.3. The standard InChI is InChI=1S/2C24H52N.C14H10O6S/c2*1-5-9-13-17-21-25(22-18-14-10-6-2,23-19-15-11-7-3)24-20-16-12-8-4;15-13(16)9-5-1-3-7-11(9)21(19,20)12-8-4-2-6-10(12)14(17)18/h2*5-24H2,1-4H3;1-8H,(H,15,16)(H,17,18)/q2*+1;. The van der Waals surface area contributed by atoms with Crippen molar-refractivity contribution in [3.63, 3.8) is 0 Å². The molecule has 0 spiro atoms. The van der Waals surface area contributed by atoms with E-state index in [1.165, 1.54) is 291 Å². The first kappa shape index (κ1) is 68.2. The average Bonchev–Trinajstić information content (AvgIpc) is 3.37. The van der Waals surface area contributed by atoms with Crippen LogP contribution in [0.4, 0.5) is 0 Å². The molecule has 2 N–H and O–H groups in total. The second-order valence-corrected chi connectivity index (χ2v) is 23.0. The van der Waals surface area contributed by atoms with Crippen LogP contribution in [0.2, 0.25) is 0 Å². The Hall–Kier alpha value is -2.75. The van der Waals surface area contributed by atoms with Crippen molar-refractivity contribution in [2.75, 3.05) is 52.4 Å². The van der Waals surface area contributed by atoms with Crippen LogP contribution >= 0.6 is 0 Å². The van der Waals surface area contributed by atoms with Gasteiger partial charge in [-0.15, -0.1) is 0 Å². The molecule has 2 aromatic carbocycles. The molecule has 8 nitrogen and oxygen atoms in total. The van der Waals surface area contributed by atoms with E-state index in [0.717, 1.165) is 24.3 Å². The Labute approximate surface area is 439 Å². The molecule has 0 radical (unpaired) electrons. The second kappa shape index (κ2) is 44.7. The van der Waals surface area contributed by atoms with Gasteiger partial charge in [0.05, 0.1) is 73.3 Å². The fraction of sp³-hybridized carbons (Fsp3) is 0.774. The summed E-state index contributed by atoms with van der Waals surface area (Å²) in [7, 11) is -4.25. The molecule has 0 aliphatic rings. The fourth-order valence-corrected chi connectivity index (χ4v) is 11.8. The topological polar surface area (TPSA) is 109 Å². The third-order valence-corrected chi connectivity index (χ3v) is 16.6. The van der Waals surface area contributed by atoms with Crippen LogP contribution in [0, 0.1) is 0 Å². The van der Waals surface area contributed by atoms with Gasteiger partial charge in [-0.2, -0.15) is 0 Å². The number of sulfone groups is 1. The number of unbranched alkanes of at least 4 members (excludes halogenated alkanes) is 24. The number of benzene rings is 2. The van der Waals surface area contributed by atoms with E-state index in [1.54, 1.807) is 0 Å². The van der Waals surface area contributed by atoms with Crippen molar-refractivity contribution < 1.29 is 37.2 Å². The maximum atomic E-state index is 12.6. The van der Waals surface area contributed by atoms with Gasteiger partial charge in [0.1, 0.15) is 0 Å². The minimum absolute atomic E-state index is 0.405. The Balaban J connectivity index is 0.00000104. The molecule has 0 aliphatic heterocycles. The van der Waals surface area contributed by atoms with E-state index in [9.17, 15) is 18.0 Å². The van der Waals surface area contributed by atoms with Crippen molar-refractivity contribution in [1.82, 2.24) is 0 Å².